The van der Waals surface area contributed by atoms with Crippen molar-refractivity contribution in [2.24, 2.45) is 0 Å². The third-order valence-corrected chi connectivity index (χ3v) is 5.23. The van der Waals surface area contributed by atoms with Gasteiger partial charge >= 0.3 is 11.0 Å². The zero-order valence-corrected chi connectivity index (χ0v) is 14.2. The van der Waals surface area contributed by atoms with Gasteiger partial charge in [0.15, 0.2) is 12.4 Å². The smallest absolute Gasteiger partial charge is 0.268 e. The summed E-state index contributed by atoms with van der Waals surface area (Å²) in [6.07, 6.45) is 5.27. The maximum atomic E-state index is 13.2. The monoisotopic (exact) mass is 350 g/mol. The van der Waals surface area contributed by atoms with Crippen LogP contribution in [0.3, 0.4) is 0 Å². The van der Waals surface area contributed by atoms with Crippen molar-refractivity contribution in [3.8, 4) is 11.1 Å². The first-order valence-electron chi connectivity index (χ1n) is 8.79. The molecule has 0 atom stereocenters. The molecule has 0 bridgehead atoms. The lowest BCUT2D eigenvalue weighted by molar-refractivity contribution is -0.368. The molecule has 2 aromatic carbocycles. The molecule has 27 heavy (non-hydrogen) atoms. The topological polar surface area (TPSA) is 62.7 Å². The van der Waals surface area contributed by atoms with Gasteiger partial charge in [-0.25, -0.2) is 15.0 Å². The molecule has 6 aromatic rings. The van der Waals surface area contributed by atoms with Crippen molar-refractivity contribution in [1.82, 2.24) is 9.38 Å². The van der Waals surface area contributed by atoms with Gasteiger partial charge in [0.2, 0.25) is 5.52 Å². The number of aromatic amines is 2. The molecule has 0 saturated heterocycles. The molecule has 5 nitrogen and oxygen atoms in total. The highest BCUT2D eigenvalue weighted by atomic mass is 16.1. The highest BCUT2D eigenvalue weighted by Gasteiger charge is 2.25. The maximum absolute atomic E-state index is 13.2. The van der Waals surface area contributed by atoms with Gasteiger partial charge in [-0.2, -0.15) is 0 Å². The first-order valence-corrected chi connectivity index (χ1v) is 8.79. The van der Waals surface area contributed by atoms with Crippen LogP contribution in [0.2, 0.25) is 0 Å². The first-order chi connectivity index (χ1) is 13.3. The van der Waals surface area contributed by atoms with E-state index in [9.17, 15) is 4.79 Å². The van der Waals surface area contributed by atoms with E-state index in [4.69, 9.17) is 0 Å². The second-order valence-electron chi connectivity index (χ2n) is 6.67. The molecule has 5 heteroatoms. The summed E-state index contributed by atoms with van der Waals surface area (Å²) in [5, 5.41) is 2.11. The van der Waals surface area contributed by atoms with Crippen LogP contribution in [0.4, 0.5) is 0 Å². The van der Waals surface area contributed by atoms with Crippen molar-refractivity contribution >= 4 is 38.4 Å². The number of rotatable bonds is 1. The summed E-state index contributed by atoms with van der Waals surface area (Å²) in [5.74, 6) is 0. The summed E-state index contributed by atoms with van der Waals surface area (Å²) in [6.45, 7) is 0. The average molecular weight is 350 g/mol. The first kappa shape index (κ1) is 14.3. The van der Waals surface area contributed by atoms with Gasteiger partial charge in [-0.3, -0.25) is 9.20 Å². The Labute approximate surface area is 152 Å². The summed E-state index contributed by atoms with van der Waals surface area (Å²) in [4.78, 5) is 24.0. The van der Waals surface area contributed by atoms with E-state index in [0.717, 1.165) is 44.0 Å². The van der Waals surface area contributed by atoms with Crippen LogP contribution in [0, 0.1) is 0 Å². The number of fused-ring (bicyclic) bond motifs is 5. The Morgan fingerprint density at radius 3 is 2.56 bits per heavy atom. The van der Waals surface area contributed by atoms with Crippen LogP contribution in [-0.2, 0) is 0 Å². The summed E-state index contributed by atoms with van der Waals surface area (Å²) in [5.41, 5.74) is 6.00. The maximum Gasteiger partial charge on any atom is 0.309 e. The number of H-pyrrole nitrogens is 2. The van der Waals surface area contributed by atoms with Gasteiger partial charge in [0.05, 0.1) is 11.7 Å². The van der Waals surface area contributed by atoms with E-state index in [1.165, 1.54) is 0 Å². The van der Waals surface area contributed by atoms with E-state index in [1.54, 1.807) is 16.8 Å². The molecule has 2 N–H and O–H groups in total. The van der Waals surface area contributed by atoms with Gasteiger partial charge in [-0.05, 0) is 23.3 Å². The molecule has 0 saturated carbocycles. The summed E-state index contributed by atoms with van der Waals surface area (Å²) >= 11 is 0. The van der Waals surface area contributed by atoms with E-state index in [1.807, 2.05) is 36.5 Å². The normalized spacial score (nSPS) is 11.9. The van der Waals surface area contributed by atoms with E-state index < -0.39 is 0 Å². The van der Waals surface area contributed by atoms with Crippen molar-refractivity contribution in [3.63, 3.8) is 0 Å². The van der Waals surface area contributed by atoms with E-state index >= 15 is 0 Å². The van der Waals surface area contributed by atoms with Crippen LogP contribution in [0.25, 0.3) is 49.5 Å². The molecule has 0 spiro atoms. The lowest BCUT2D eigenvalue weighted by Crippen LogP contribution is -2.21. The largest absolute Gasteiger partial charge is 0.309 e. The molecule has 126 valence electrons. The summed E-state index contributed by atoms with van der Waals surface area (Å²) in [7, 11) is 0. The van der Waals surface area contributed by atoms with Gasteiger partial charge in [0.25, 0.3) is 5.56 Å². The fraction of sp³-hybridized carbons (Fsp3) is 0. The van der Waals surface area contributed by atoms with E-state index in [-0.39, 0.29) is 5.56 Å². The van der Waals surface area contributed by atoms with E-state index in [0.29, 0.717) is 5.52 Å². The predicted molar refractivity (Wildman–Crippen MR) is 104 cm³/mol. The zero-order valence-electron chi connectivity index (χ0n) is 14.2. The highest BCUT2D eigenvalue weighted by molar-refractivity contribution is 6.16. The van der Waals surface area contributed by atoms with Crippen molar-refractivity contribution < 1.29 is 9.97 Å². The van der Waals surface area contributed by atoms with Crippen molar-refractivity contribution in [2.45, 2.75) is 0 Å². The number of pyridine rings is 2. The Hall–Kier alpha value is -3.86. The number of nitrogens with zero attached hydrogens (tertiary/aromatic N) is 2. The fourth-order valence-electron chi connectivity index (χ4n) is 4.04. The minimum Gasteiger partial charge on any atom is -0.268 e. The molecule has 4 aromatic heterocycles. The van der Waals surface area contributed by atoms with E-state index in [2.05, 4.69) is 39.2 Å². The molecule has 0 radical (unpaired) electrons. The summed E-state index contributed by atoms with van der Waals surface area (Å²) < 4.78 is 1.77. The molecule has 0 unspecified atom stereocenters. The minimum atomic E-state index is -0.110. The Bertz CT molecular complexity index is 1540. The summed E-state index contributed by atoms with van der Waals surface area (Å²) in [6, 6.07) is 18.5. The van der Waals surface area contributed by atoms with Crippen LogP contribution < -0.4 is 15.5 Å². The second kappa shape index (κ2) is 5.08. The predicted octanol–water partition coefficient (Wildman–Crippen LogP) is 2.89. The van der Waals surface area contributed by atoms with Gasteiger partial charge < -0.3 is 0 Å². The number of benzene rings is 2. The number of nitrogens with one attached hydrogen (secondary N) is 2. The zero-order chi connectivity index (χ0) is 18.0. The molecule has 6 rings (SSSR count). The molecule has 0 aliphatic carbocycles. The number of hydrogen-bond donors (Lipinski definition) is 0. The third-order valence-electron chi connectivity index (χ3n) is 5.23. The SMILES string of the molecule is O=c1c2ncc[nH+]c2c2[nH+]ccc3c4cc(-c5ccccc5)ccc4n1c32. The third kappa shape index (κ3) is 1.83. The Kier molecular flexibility index (Phi) is 2.69. The van der Waals surface area contributed by atoms with Crippen LogP contribution in [0.5, 0.6) is 0 Å². The van der Waals surface area contributed by atoms with Gasteiger partial charge in [0, 0.05) is 16.8 Å². The van der Waals surface area contributed by atoms with Crippen LogP contribution in [-0.4, -0.2) is 9.38 Å². The molecule has 0 aliphatic heterocycles. The minimum absolute atomic E-state index is 0.110. The molecule has 0 fully saturated rings. The Morgan fingerprint density at radius 2 is 1.67 bits per heavy atom. The number of aromatic nitrogens is 4. The lowest BCUT2D eigenvalue weighted by Gasteiger charge is -2.02. The highest BCUT2D eigenvalue weighted by Crippen LogP contribution is 2.33. The fourth-order valence-corrected chi connectivity index (χ4v) is 4.04. The van der Waals surface area contributed by atoms with Crippen LogP contribution >= 0.6 is 0 Å². The van der Waals surface area contributed by atoms with Gasteiger partial charge in [0.1, 0.15) is 5.52 Å². The van der Waals surface area contributed by atoms with Crippen LogP contribution in [0.15, 0.2) is 78.0 Å². The number of hydrogen-bond acceptors (Lipinski definition) is 2. The second-order valence-corrected chi connectivity index (χ2v) is 6.67. The standard InChI is InChI=1S/C22H12N4O/c27-22-20-18(24-10-11-25-20)19-21-15(8-9-23-19)16-12-14(6-7-17(16)26(21)22)13-4-2-1-3-5-13/h1-12H/p+2. The van der Waals surface area contributed by atoms with Gasteiger partial charge in [-0.1, -0.05) is 36.4 Å². The Morgan fingerprint density at radius 1 is 0.815 bits per heavy atom. The lowest BCUT2D eigenvalue weighted by atomic mass is 10.0. The molecule has 0 amide bonds. The van der Waals surface area contributed by atoms with Crippen LogP contribution in [0.1, 0.15) is 0 Å². The Balaban J connectivity index is 1.86. The quantitative estimate of drug-likeness (QED) is 0.428. The van der Waals surface area contributed by atoms with Crippen molar-refractivity contribution in [3.05, 3.63) is 83.5 Å². The molecular weight excluding hydrogens is 336 g/mol. The average Bonchev–Trinajstić information content (AvgIpc) is 3.07. The van der Waals surface area contributed by atoms with Gasteiger partial charge in [-0.15, -0.1) is 0 Å². The molecule has 0 aliphatic rings. The molecular formula is C22H14N4O+2. The van der Waals surface area contributed by atoms with Crippen molar-refractivity contribution in [2.75, 3.05) is 0 Å². The van der Waals surface area contributed by atoms with Crippen molar-refractivity contribution in [1.29, 1.82) is 0 Å². The molecule has 4 heterocycles.